The van der Waals surface area contributed by atoms with Crippen molar-refractivity contribution in [2.45, 2.75) is 0 Å². The molecule has 2 aromatic rings. The van der Waals surface area contributed by atoms with Gasteiger partial charge >= 0.3 is 0 Å². The summed E-state index contributed by atoms with van der Waals surface area (Å²) in [6, 6.07) is 8.51. The normalized spacial score (nSPS) is 16.2. The topological polar surface area (TPSA) is 62.6 Å². The van der Waals surface area contributed by atoms with Crippen molar-refractivity contribution in [2.75, 3.05) is 0 Å². The summed E-state index contributed by atoms with van der Waals surface area (Å²) >= 11 is 6.19. The molecular weight excluding hydrogens is 363 g/mol. The molecule has 126 valence electrons. The summed E-state index contributed by atoms with van der Waals surface area (Å²) in [6.07, 6.45) is 6.49. The average molecular weight is 374 g/mol. The Morgan fingerprint density at radius 1 is 1.28 bits per heavy atom. The number of rotatable bonds is 4. The lowest BCUT2D eigenvalue weighted by Crippen LogP contribution is -2.44. The molecule has 1 saturated heterocycles. The van der Waals surface area contributed by atoms with Crippen molar-refractivity contribution in [2.24, 2.45) is 0 Å². The fraction of sp³-hybridized carbons (Fsp3) is 0. The molecule has 0 saturated carbocycles. The van der Waals surface area contributed by atoms with Gasteiger partial charge in [-0.1, -0.05) is 17.8 Å². The van der Waals surface area contributed by atoms with E-state index in [-0.39, 0.29) is 9.88 Å². The molecule has 0 atom stereocenters. The Bertz CT molecular complexity index is 874. The van der Waals surface area contributed by atoms with Crippen LogP contribution in [0.5, 0.6) is 0 Å². The van der Waals surface area contributed by atoms with Gasteiger partial charge in [0.15, 0.2) is 4.32 Å². The standard InChI is InChI=1S/C17H11FN2O3S2/c18-12-8-6-11(7-9-12)15(21)19-20-16(22)14(25-17(20)24)5-1-3-13-4-2-10-23-13/h1-10H,(H,19,21). The van der Waals surface area contributed by atoms with E-state index in [1.807, 2.05) is 0 Å². The number of carbonyl (C=O) groups excluding carboxylic acids is 2. The van der Waals surface area contributed by atoms with Crippen LogP contribution in [0.15, 0.2) is 64.1 Å². The van der Waals surface area contributed by atoms with Crippen molar-refractivity contribution in [1.29, 1.82) is 0 Å². The summed E-state index contributed by atoms with van der Waals surface area (Å²) in [7, 11) is 0. The largest absolute Gasteiger partial charge is 0.465 e. The molecule has 2 amide bonds. The van der Waals surface area contributed by atoms with E-state index >= 15 is 0 Å². The van der Waals surface area contributed by atoms with Crippen LogP contribution in [-0.2, 0) is 4.79 Å². The Balaban J connectivity index is 1.68. The third-order valence-electron chi connectivity index (χ3n) is 3.16. The minimum atomic E-state index is -0.552. The average Bonchev–Trinajstić information content (AvgIpc) is 3.20. The van der Waals surface area contributed by atoms with Gasteiger partial charge in [0.1, 0.15) is 11.6 Å². The zero-order valence-corrected chi connectivity index (χ0v) is 14.3. The Hall–Kier alpha value is -2.71. The molecule has 0 unspecified atom stereocenters. The van der Waals surface area contributed by atoms with Crippen LogP contribution in [0.4, 0.5) is 4.39 Å². The Labute approximate surface area is 152 Å². The molecule has 1 aromatic carbocycles. The van der Waals surface area contributed by atoms with Crippen LogP contribution in [0.25, 0.3) is 6.08 Å². The van der Waals surface area contributed by atoms with Crippen molar-refractivity contribution in [3.8, 4) is 0 Å². The highest BCUT2D eigenvalue weighted by molar-refractivity contribution is 8.26. The number of nitrogens with one attached hydrogen (secondary N) is 1. The van der Waals surface area contributed by atoms with Crippen LogP contribution >= 0.6 is 24.0 Å². The third-order valence-corrected chi connectivity index (χ3v) is 4.49. The molecule has 0 spiro atoms. The molecule has 1 aromatic heterocycles. The van der Waals surface area contributed by atoms with Crippen LogP contribution < -0.4 is 5.43 Å². The van der Waals surface area contributed by atoms with Gasteiger partial charge in [0.2, 0.25) is 0 Å². The number of halogens is 1. The molecular formula is C17H11FN2O3S2. The smallest absolute Gasteiger partial charge is 0.285 e. The Morgan fingerprint density at radius 3 is 2.72 bits per heavy atom. The third kappa shape index (κ3) is 4.04. The minimum Gasteiger partial charge on any atom is -0.465 e. The number of furan rings is 1. The zero-order valence-electron chi connectivity index (χ0n) is 12.6. The van der Waals surface area contributed by atoms with Gasteiger partial charge in [0, 0.05) is 5.56 Å². The number of amides is 2. The number of allylic oxidation sites excluding steroid dienone is 2. The second-order valence-electron chi connectivity index (χ2n) is 4.86. The molecule has 1 aliphatic rings. The number of carbonyl (C=O) groups is 2. The first-order chi connectivity index (χ1) is 12.0. The quantitative estimate of drug-likeness (QED) is 0.655. The SMILES string of the molecule is O=C(NN1C(=O)C(=CC=Cc2ccco2)SC1=S)c1ccc(F)cc1. The van der Waals surface area contributed by atoms with E-state index < -0.39 is 17.6 Å². The van der Waals surface area contributed by atoms with Gasteiger partial charge in [-0.15, -0.1) is 0 Å². The molecule has 1 N–H and O–H groups in total. The van der Waals surface area contributed by atoms with Crippen LogP contribution in [0, 0.1) is 5.82 Å². The number of hydrogen-bond donors (Lipinski definition) is 1. The number of thioether (sulfide) groups is 1. The van der Waals surface area contributed by atoms with Gasteiger partial charge in [0.25, 0.3) is 11.8 Å². The minimum absolute atomic E-state index is 0.207. The Kier molecular flexibility index (Phi) is 5.11. The first-order valence-corrected chi connectivity index (χ1v) is 8.32. The monoisotopic (exact) mass is 374 g/mol. The number of benzene rings is 1. The van der Waals surface area contributed by atoms with Crippen molar-refractivity contribution < 1.29 is 18.4 Å². The molecule has 0 bridgehead atoms. The maximum Gasteiger partial charge on any atom is 0.285 e. The highest BCUT2D eigenvalue weighted by atomic mass is 32.2. The van der Waals surface area contributed by atoms with Gasteiger partial charge in [-0.05, 0) is 60.8 Å². The molecule has 8 heteroatoms. The summed E-state index contributed by atoms with van der Waals surface area (Å²) < 4.78 is 18.3. The number of hydrazine groups is 1. The predicted molar refractivity (Wildman–Crippen MR) is 96.7 cm³/mol. The zero-order chi connectivity index (χ0) is 17.8. The van der Waals surface area contributed by atoms with E-state index in [4.69, 9.17) is 16.6 Å². The molecule has 1 aliphatic heterocycles. The van der Waals surface area contributed by atoms with E-state index in [1.54, 1.807) is 36.6 Å². The highest BCUT2D eigenvalue weighted by Crippen LogP contribution is 2.29. The molecule has 1 fully saturated rings. The molecule has 0 aliphatic carbocycles. The predicted octanol–water partition coefficient (Wildman–Crippen LogP) is 3.52. The van der Waals surface area contributed by atoms with E-state index in [1.165, 1.54) is 24.3 Å². The summed E-state index contributed by atoms with van der Waals surface area (Å²) in [5.41, 5.74) is 2.64. The fourth-order valence-electron chi connectivity index (χ4n) is 1.96. The number of thiocarbonyl (C=S) groups is 1. The van der Waals surface area contributed by atoms with Gasteiger partial charge in [0.05, 0.1) is 11.2 Å². The highest BCUT2D eigenvalue weighted by Gasteiger charge is 2.33. The van der Waals surface area contributed by atoms with Gasteiger partial charge in [-0.3, -0.25) is 15.0 Å². The lowest BCUT2D eigenvalue weighted by atomic mass is 10.2. The molecule has 25 heavy (non-hydrogen) atoms. The maximum absolute atomic E-state index is 12.9. The molecule has 5 nitrogen and oxygen atoms in total. The summed E-state index contributed by atoms with van der Waals surface area (Å²) in [6.45, 7) is 0. The van der Waals surface area contributed by atoms with Crippen molar-refractivity contribution in [1.82, 2.24) is 10.4 Å². The maximum atomic E-state index is 12.9. The van der Waals surface area contributed by atoms with Crippen LogP contribution in [-0.4, -0.2) is 21.1 Å². The summed E-state index contributed by atoms with van der Waals surface area (Å²) in [5.74, 6) is -0.789. The van der Waals surface area contributed by atoms with Crippen LogP contribution in [0.2, 0.25) is 0 Å². The van der Waals surface area contributed by atoms with E-state index in [0.29, 0.717) is 10.7 Å². The lowest BCUT2D eigenvalue weighted by molar-refractivity contribution is -0.123. The van der Waals surface area contributed by atoms with E-state index in [0.717, 1.165) is 16.8 Å². The lowest BCUT2D eigenvalue weighted by Gasteiger charge is -2.15. The fourth-order valence-corrected chi connectivity index (χ4v) is 3.09. The van der Waals surface area contributed by atoms with Gasteiger partial charge in [-0.2, -0.15) is 5.01 Å². The molecule has 0 radical (unpaired) electrons. The number of hydrogen-bond acceptors (Lipinski definition) is 5. The number of nitrogens with zero attached hydrogens (tertiary/aromatic N) is 1. The Morgan fingerprint density at radius 2 is 2.04 bits per heavy atom. The first-order valence-electron chi connectivity index (χ1n) is 7.09. The van der Waals surface area contributed by atoms with Crippen LogP contribution in [0.3, 0.4) is 0 Å². The van der Waals surface area contributed by atoms with Crippen molar-refractivity contribution >= 4 is 46.2 Å². The molecule has 3 rings (SSSR count). The van der Waals surface area contributed by atoms with Crippen molar-refractivity contribution in [3.63, 3.8) is 0 Å². The van der Waals surface area contributed by atoms with Gasteiger partial charge < -0.3 is 4.42 Å². The van der Waals surface area contributed by atoms with Crippen molar-refractivity contribution in [3.05, 3.63) is 76.9 Å². The summed E-state index contributed by atoms with van der Waals surface area (Å²) in [4.78, 5) is 24.9. The second-order valence-corrected chi connectivity index (χ2v) is 6.54. The van der Waals surface area contributed by atoms with Crippen LogP contribution in [0.1, 0.15) is 16.1 Å². The van der Waals surface area contributed by atoms with E-state index in [9.17, 15) is 14.0 Å². The summed E-state index contributed by atoms with van der Waals surface area (Å²) in [5, 5.41) is 0.998. The molecule has 2 heterocycles. The van der Waals surface area contributed by atoms with E-state index in [2.05, 4.69) is 5.43 Å². The van der Waals surface area contributed by atoms with Gasteiger partial charge in [-0.25, -0.2) is 4.39 Å². The first kappa shape index (κ1) is 17.1. The second kappa shape index (κ2) is 7.45.